The average Bonchev–Trinajstić information content (AvgIpc) is 2.68. The normalized spacial score (nSPS) is 12.8. The highest BCUT2D eigenvalue weighted by atomic mass is 32.2. The largest absolute Gasteiger partial charge is 0.322 e. The molecular weight excluding hydrogens is 360 g/mol. The summed E-state index contributed by atoms with van der Waals surface area (Å²) in [5, 5.41) is 2.95. The van der Waals surface area contributed by atoms with Gasteiger partial charge < -0.3 is 5.32 Å². The number of nitrogens with one attached hydrogen (secondary N) is 1. The number of anilines is 1. The molecule has 0 bridgehead atoms. The van der Waals surface area contributed by atoms with Crippen molar-refractivity contribution in [1.29, 1.82) is 0 Å². The zero-order chi connectivity index (χ0) is 20.0. The molecular formula is C21H28N2O3S. The first kappa shape index (κ1) is 21.1. The van der Waals surface area contributed by atoms with E-state index in [9.17, 15) is 13.2 Å². The van der Waals surface area contributed by atoms with Crippen molar-refractivity contribution < 1.29 is 13.2 Å². The van der Waals surface area contributed by atoms with Gasteiger partial charge in [-0.05, 0) is 48.2 Å². The zero-order valence-electron chi connectivity index (χ0n) is 16.4. The highest BCUT2D eigenvalue weighted by molar-refractivity contribution is 7.89. The Bertz CT molecular complexity index is 873. The number of amides is 1. The molecule has 2 aromatic carbocycles. The lowest BCUT2D eigenvalue weighted by Crippen LogP contribution is -2.30. The smallest absolute Gasteiger partial charge is 0.255 e. The first-order valence-electron chi connectivity index (χ1n) is 9.35. The molecule has 0 aliphatic carbocycles. The second-order valence-electron chi connectivity index (χ2n) is 6.46. The molecule has 0 spiro atoms. The Labute approximate surface area is 162 Å². The Hall–Kier alpha value is -2.18. The van der Waals surface area contributed by atoms with Crippen LogP contribution in [0.1, 0.15) is 56.0 Å². The minimum absolute atomic E-state index is 0.197. The Morgan fingerprint density at radius 1 is 1.00 bits per heavy atom. The Morgan fingerprint density at radius 2 is 1.59 bits per heavy atom. The molecule has 0 aliphatic heterocycles. The van der Waals surface area contributed by atoms with Crippen molar-refractivity contribution in [3.8, 4) is 0 Å². The SMILES string of the molecule is CC[C@@H](C)c1ccccc1NC(=O)c1ccc(S(=O)(=O)N(CC)CC)cc1. The van der Waals surface area contributed by atoms with Crippen molar-refractivity contribution in [2.75, 3.05) is 18.4 Å². The van der Waals surface area contributed by atoms with Gasteiger partial charge in [0, 0.05) is 24.3 Å². The second kappa shape index (κ2) is 9.15. The summed E-state index contributed by atoms with van der Waals surface area (Å²) in [4.78, 5) is 12.8. The zero-order valence-corrected chi connectivity index (χ0v) is 17.2. The van der Waals surface area contributed by atoms with Crippen LogP contribution in [-0.4, -0.2) is 31.7 Å². The molecule has 5 nitrogen and oxygen atoms in total. The summed E-state index contributed by atoms with van der Waals surface area (Å²) in [5.74, 6) is 0.0839. The number of hydrogen-bond acceptors (Lipinski definition) is 3. The van der Waals surface area contributed by atoms with Gasteiger partial charge >= 0.3 is 0 Å². The standard InChI is InChI=1S/C21H28N2O3S/c1-5-16(4)19-10-8-9-11-20(19)22-21(24)17-12-14-18(15-13-17)27(25,26)23(6-2)7-3/h8-16H,5-7H2,1-4H3,(H,22,24)/t16-/m1/s1. The van der Waals surface area contributed by atoms with E-state index < -0.39 is 10.0 Å². The summed E-state index contributed by atoms with van der Waals surface area (Å²) in [6.45, 7) is 8.66. The molecule has 27 heavy (non-hydrogen) atoms. The van der Waals surface area contributed by atoms with Crippen LogP contribution < -0.4 is 5.32 Å². The van der Waals surface area contributed by atoms with Crippen LogP contribution in [0.25, 0.3) is 0 Å². The lowest BCUT2D eigenvalue weighted by Gasteiger charge is -2.18. The molecule has 2 aromatic rings. The van der Waals surface area contributed by atoms with Crippen molar-refractivity contribution in [1.82, 2.24) is 4.31 Å². The number of carbonyl (C=O) groups excluding carboxylic acids is 1. The van der Waals surface area contributed by atoms with E-state index in [2.05, 4.69) is 19.2 Å². The number of para-hydroxylation sites is 1. The fourth-order valence-electron chi connectivity index (χ4n) is 2.95. The van der Waals surface area contributed by atoms with E-state index in [0.29, 0.717) is 24.6 Å². The summed E-state index contributed by atoms with van der Waals surface area (Å²) in [6, 6.07) is 13.8. The molecule has 146 valence electrons. The van der Waals surface area contributed by atoms with E-state index >= 15 is 0 Å². The third-order valence-corrected chi connectivity index (χ3v) is 6.88. The molecule has 2 rings (SSSR count). The molecule has 6 heteroatoms. The third-order valence-electron chi connectivity index (χ3n) is 4.81. The maximum absolute atomic E-state index is 12.6. The number of nitrogens with zero attached hydrogens (tertiary/aromatic N) is 1. The quantitative estimate of drug-likeness (QED) is 0.725. The monoisotopic (exact) mass is 388 g/mol. The topological polar surface area (TPSA) is 66.5 Å². The molecule has 1 atom stereocenters. The van der Waals surface area contributed by atoms with Crippen LogP contribution in [0, 0.1) is 0 Å². The molecule has 0 fully saturated rings. The van der Waals surface area contributed by atoms with Gasteiger partial charge in [0.2, 0.25) is 10.0 Å². The molecule has 0 saturated heterocycles. The fourth-order valence-corrected chi connectivity index (χ4v) is 4.40. The third kappa shape index (κ3) is 4.76. The molecule has 0 aromatic heterocycles. The van der Waals surface area contributed by atoms with Gasteiger partial charge in [-0.3, -0.25) is 4.79 Å². The van der Waals surface area contributed by atoms with Gasteiger partial charge in [0.25, 0.3) is 5.91 Å². The minimum Gasteiger partial charge on any atom is -0.322 e. The van der Waals surface area contributed by atoms with E-state index in [4.69, 9.17) is 0 Å². The van der Waals surface area contributed by atoms with Gasteiger partial charge in [0.1, 0.15) is 0 Å². The average molecular weight is 389 g/mol. The first-order valence-corrected chi connectivity index (χ1v) is 10.8. The van der Waals surface area contributed by atoms with Crippen molar-refractivity contribution in [3.05, 3.63) is 59.7 Å². The van der Waals surface area contributed by atoms with Crippen LogP contribution in [0.3, 0.4) is 0 Å². The van der Waals surface area contributed by atoms with Crippen LogP contribution >= 0.6 is 0 Å². The molecule has 0 unspecified atom stereocenters. The lowest BCUT2D eigenvalue weighted by atomic mass is 9.97. The molecule has 0 aliphatic rings. The van der Waals surface area contributed by atoms with Crippen LogP contribution in [-0.2, 0) is 10.0 Å². The fraction of sp³-hybridized carbons (Fsp3) is 0.381. The van der Waals surface area contributed by atoms with E-state index in [1.807, 2.05) is 24.3 Å². The maximum Gasteiger partial charge on any atom is 0.255 e. The van der Waals surface area contributed by atoms with E-state index in [1.54, 1.807) is 26.0 Å². The predicted molar refractivity (Wildman–Crippen MR) is 110 cm³/mol. The van der Waals surface area contributed by atoms with E-state index in [0.717, 1.165) is 17.7 Å². The van der Waals surface area contributed by atoms with Gasteiger partial charge in [-0.25, -0.2) is 8.42 Å². The number of sulfonamides is 1. The summed E-state index contributed by atoms with van der Waals surface area (Å²) in [7, 11) is -3.52. The molecule has 1 amide bonds. The second-order valence-corrected chi connectivity index (χ2v) is 8.40. The van der Waals surface area contributed by atoms with Crippen LogP contribution in [0.15, 0.2) is 53.4 Å². The van der Waals surface area contributed by atoms with Gasteiger partial charge in [-0.2, -0.15) is 4.31 Å². The molecule has 0 heterocycles. The van der Waals surface area contributed by atoms with Crippen LogP contribution in [0.5, 0.6) is 0 Å². The van der Waals surface area contributed by atoms with Gasteiger partial charge in [-0.1, -0.05) is 45.9 Å². The summed E-state index contributed by atoms with van der Waals surface area (Å²) in [5.41, 5.74) is 2.30. The van der Waals surface area contributed by atoms with Crippen LogP contribution in [0.4, 0.5) is 5.69 Å². The maximum atomic E-state index is 12.6. The van der Waals surface area contributed by atoms with Crippen molar-refractivity contribution in [3.63, 3.8) is 0 Å². The van der Waals surface area contributed by atoms with Crippen molar-refractivity contribution in [2.24, 2.45) is 0 Å². The Kier molecular flexibility index (Phi) is 7.16. The first-order chi connectivity index (χ1) is 12.8. The summed E-state index contributed by atoms with van der Waals surface area (Å²) < 4.78 is 26.5. The highest BCUT2D eigenvalue weighted by Gasteiger charge is 2.21. The molecule has 1 N–H and O–H groups in total. The predicted octanol–water partition coefficient (Wildman–Crippen LogP) is 4.48. The summed E-state index contributed by atoms with van der Waals surface area (Å²) >= 11 is 0. The lowest BCUT2D eigenvalue weighted by molar-refractivity contribution is 0.102. The van der Waals surface area contributed by atoms with Crippen LogP contribution in [0.2, 0.25) is 0 Å². The number of benzene rings is 2. The minimum atomic E-state index is -3.52. The molecule has 0 radical (unpaired) electrons. The van der Waals surface area contributed by atoms with Crippen molar-refractivity contribution in [2.45, 2.75) is 44.9 Å². The Morgan fingerprint density at radius 3 is 2.15 bits per heavy atom. The number of carbonyl (C=O) groups is 1. The van der Waals surface area contributed by atoms with E-state index in [1.165, 1.54) is 16.4 Å². The highest BCUT2D eigenvalue weighted by Crippen LogP contribution is 2.27. The van der Waals surface area contributed by atoms with Crippen molar-refractivity contribution >= 4 is 21.6 Å². The van der Waals surface area contributed by atoms with E-state index in [-0.39, 0.29) is 10.8 Å². The number of hydrogen-bond donors (Lipinski definition) is 1. The molecule has 0 saturated carbocycles. The Balaban J connectivity index is 2.22. The van der Waals surface area contributed by atoms with Gasteiger partial charge in [-0.15, -0.1) is 0 Å². The summed E-state index contributed by atoms with van der Waals surface area (Å²) in [6.07, 6.45) is 0.977. The number of rotatable bonds is 8. The van der Waals surface area contributed by atoms with Gasteiger partial charge in [0.15, 0.2) is 0 Å². The van der Waals surface area contributed by atoms with Gasteiger partial charge in [0.05, 0.1) is 4.90 Å².